The van der Waals surface area contributed by atoms with Gasteiger partial charge in [-0.15, -0.1) is 0 Å². The zero-order valence-corrected chi connectivity index (χ0v) is 18.8. The van der Waals surface area contributed by atoms with Crippen molar-refractivity contribution >= 4 is 45.9 Å². The summed E-state index contributed by atoms with van der Waals surface area (Å²) in [5, 5.41) is 8.59. The van der Waals surface area contributed by atoms with Crippen molar-refractivity contribution in [1.29, 1.82) is 0 Å². The topological polar surface area (TPSA) is 105 Å². The van der Waals surface area contributed by atoms with Crippen molar-refractivity contribution in [2.75, 3.05) is 25.0 Å². The molecule has 2 N–H and O–H groups in total. The van der Waals surface area contributed by atoms with Gasteiger partial charge in [-0.2, -0.15) is 5.10 Å². The molecule has 1 aliphatic rings. The van der Waals surface area contributed by atoms with Crippen LogP contribution in [0.25, 0.3) is 11.0 Å². The first-order valence-electron chi connectivity index (χ1n) is 10.3. The Hall–Kier alpha value is -2.88. The summed E-state index contributed by atoms with van der Waals surface area (Å²) in [7, 11) is 1.78. The smallest absolute Gasteiger partial charge is 0.278 e. The number of nitrogens with zero attached hydrogens (tertiary/aromatic N) is 5. The van der Waals surface area contributed by atoms with Gasteiger partial charge in [0, 0.05) is 25.2 Å². The Morgan fingerprint density at radius 1 is 1.28 bits per heavy atom. The van der Waals surface area contributed by atoms with Gasteiger partial charge in [0.25, 0.3) is 5.56 Å². The van der Waals surface area contributed by atoms with Gasteiger partial charge in [0.2, 0.25) is 5.95 Å². The maximum atomic E-state index is 12.9. The highest BCUT2D eigenvalue weighted by Gasteiger charge is 2.21. The van der Waals surface area contributed by atoms with Crippen LogP contribution in [0.3, 0.4) is 0 Å². The zero-order valence-electron chi connectivity index (χ0n) is 17.3. The third-order valence-electron chi connectivity index (χ3n) is 5.62. The predicted octanol–water partition coefficient (Wildman–Crippen LogP) is 3.70. The Kier molecular flexibility index (Phi) is 5.62. The molecule has 0 amide bonds. The molecule has 0 aliphatic carbocycles. The predicted molar refractivity (Wildman–Crippen MR) is 123 cm³/mol. The highest BCUT2D eigenvalue weighted by molar-refractivity contribution is 6.42. The lowest BCUT2D eigenvalue weighted by atomic mass is 10.00. The molecule has 0 bridgehead atoms. The molecule has 1 atom stereocenters. The quantitative estimate of drug-likeness (QED) is 0.455. The van der Waals surface area contributed by atoms with E-state index >= 15 is 0 Å². The average Bonchev–Trinajstić information content (AvgIpc) is 3.43. The van der Waals surface area contributed by atoms with E-state index in [1.807, 2.05) is 0 Å². The van der Waals surface area contributed by atoms with Gasteiger partial charge in [-0.05, 0) is 37.6 Å². The highest BCUT2D eigenvalue weighted by atomic mass is 35.5. The molecule has 4 aromatic rings. The molecule has 1 aliphatic heterocycles. The summed E-state index contributed by atoms with van der Waals surface area (Å²) in [6.07, 6.45) is 5.36. The second kappa shape index (κ2) is 8.57. The van der Waals surface area contributed by atoms with Crippen molar-refractivity contribution in [3.63, 3.8) is 0 Å². The third-order valence-corrected chi connectivity index (χ3v) is 6.36. The largest absolute Gasteiger partial charge is 0.448 e. The molecule has 5 rings (SSSR count). The molecule has 1 saturated heterocycles. The number of oxazole rings is 1. The average molecular weight is 474 g/mol. The molecule has 1 unspecified atom stereocenters. The second-order valence-electron chi connectivity index (χ2n) is 7.80. The van der Waals surface area contributed by atoms with E-state index in [1.54, 1.807) is 47.3 Å². The Morgan fingerprint density at radius 3 is 2.94 bits per heavy atom. The molecule has 1 fully saturated rings. The number of anilines is 2. The normalized spacial score (nSPS) is 16.5. The molecule has 4 heterocycles. The number of halogens is 2. The molecule has 11 heteroatoms. The maximum Gasteiger partial charge on any atom is 0.278 e. The van der Waals surface area contributed by atoms with E-state index in [9.17, 15) is 4.79 Å². The van der Waals surface area contributed by atoms with Crippen molar-refractivity contribution in [3.05, 3.63) is 62.6 Å². The standard InChI is InChI=1S/C21H21Cl2N7O2/c1-29(14-4-5-15(22)16(23)7-14)21-27-17-9-25-30(18(17)19(31)28-21)10-13-11-32-20(26-13)12-3-2-6-24-8-12/h4-5,7,9,11-12,24H,2-3,6,8,10H2,1H3,(H,27,28,31). The lowest BCUT2D eigenvalue weighted by Crippen LogP contribution is -2.28. The van der Waals surface area contributed by atoms with Crippen molar-refractivity contribution in [2.24, 2.45) is 0 Å². The van der Waals surface area contributed by atoms with Crippen molar-refractivity contribution in [1.82, 2.24) is 30.0 Å². The molecule has 9 nitrogen and oxygen atoms in total. The van der Waals surface area contributed by atoms with E-state index in [2.05, 4.69) is 25.4 Å². The monoisotopic (exact) mass is 473 g/mol. The van der Waals surface area contributed by atoms with Gasteiger partial charge in [-0.25, -0.2) is 9.97 Å². The number of hydrogen-bond donors (Lipinski definition) is 2. The van der Waals surface area contributed by atoms with Crippen LogP contribution in [-0.2, 0) is 6.54 Å². The fraction of sp³-hybridized carbons (Fsp3) is 0.333. The van der Waals surface area contributed by atoms with Crippen LogP contribution < -0.4 is 15.8 Å². The van der Waals surface area contributed by atoms with Gasteiger partial charge in [-0.3, -0.25) is 14.5 Å². The van der Waals surface area contributed by atoms with E-state index in [-0.39, 0.29) is 11.5 Å². The highest BCUT2D eigenvalue weighted by Crippen LogP contribution is 2.29. The number of benzene rings is 1. The van der Waals surface area contributed by atoms with E-state index in [1.165, 1.54) is 0 Å². The Balaban J connectivity index is 1.41. The lowest BCUT2D eigenvalue weighted by molar-refractivity contribution is 0.376. The van der Waals surface area contributed by atoms with E-state index in [4.69, 9.17) is 27.6 Å². The summed E-state index contributed by atoms with van der Waals surface area (Å²) < 4.78 is 7.28. The van der Waals surface area contributed by atoms with Crippen LogP contribution in [0, 0.1) is 0 Å². The van der Waals surface area contributed by atoms with Crippen LogP contribution >= 0.6 is 23.2 Å². The summed E-state index contributed by atoms with van der Waals surface area (Å²) in [6.45, 7) is 2.21. The Morgan fingerprint density at radius 2 is 2.16 bits per heavy atom. The van der Waals surface area contributed by atoms with E-state index in [0.717, 1.165) is 37.5 Å². The van der Waals surface area contributed by atoms with Gasteiger partial charge >= 0.3 is 0 Å². The number of fused-ring (bicyclic) bond motifs is 1. The summed E-state index contributed by atoms with van der Waals surface area (Å²) in [4.78, 5) is 26.6. The molecule has 0 saturated carbocycles. The van der Waals surface area contributed by atoms with Crippen LogP contribution in [0.1, 0.15) is 30.3 Å². The Bertz CT molecular complexity index is 1320. The number of H-pyrrole nitrogens is 1. The van der Waals surface area contributed by atoms with E-state index < -0.39 is 0 Å². The number of aromatic amines is 1. The third kappa shape index (κ3) is 3.99. The van der Waals surface area contributed by atoms with Crippen molar-refractivity contribution < 1.29 is 4.42 Å². The number of aromatic nitrogens is 5. The zero-order chi connectivity index (χ0) is 22.2. The molecule has 0 radical (unpaired) electrons. The maximum absolute atomic E-state index is 12.9. The first-order valence-corrected chi connectivity index (χ1v) is 11.0. The first-order chi connectivity index (χ1) is 15.5. The summed E-state index contributed by atoms with van der Waals surface area (Å²) >= 11 is 12.1. The van der Waals surface area contributed by atoms with Crippen LogP contribution in [0.2, 0.25) is 10.0 Å². The molecule has 0 spiro atoms. The first kappa shape index (κ1) is 21.0. The fourth-order valence-corrected chi connectivity index (χ4v) is 4.18. The number of nitrogens with one attached hydrogen (secondary N) is 2. The van der Waals surface area contributed by atoms with Gasteiger partial charge in [0.1, 0.15) is 17.5 Å². The minimum absolute atomic E-state index is 0.274. The Labute approximate surface area is 193 Å². The van der Waals surface area contributed by atoms with Gasteiger partial charge in [-0.1, -0.05) is 23.2 Å². The van der Waals surface area contributed by atoms with Gasteiger partial charge in [0.05, 0.1) is 22.8 Å². The number of rotatable bonds is 5. The SMILES string of the molecule is CN(c1ccc(Cl)c(Cl)c1)c1nc2cnn(Cc3coc(C4CCCNC4)n3)c2c(=O)[nH]1. The molecular weight excluding hydrogens is 453 g/mol. The van der Waals surface area contributed by atoms with Crippen molar-refractivity contribution in [3.8, 4) is 0 Å². The van der Waals surface area contributed by atoms with Crippen LogP contribution in [0.4, 0.5) is 11.6 Å². The lowest BCUT2D eigenvalue weighted by Gasteiger charge is -2.19. The minimum atomic E-state index is -0.297. The number of piperidine rings is 1. The molecule has 3 aromatic heterocycles. The summed E-state index contributed by atoms with van der Waals surface area (Å²) in [6, 6.07) is 5.20. The fourth-order valence-electron chi connectivity index (χ4n) is 3.89. The molecule has 32 heavy (non-hydrogen) atoms. The summed E-state index contributed by atoms with van der Waals surface area (Å²) in [5.74, 6) is 1.37. The summed E-state index contributed by atoms with van der Waals surface area (Å²) in [5.41, 5.74) is 2.01. The molecule has 166 valence electrons. The molecule has 1 aromatic carbocycles. The van der Waals surface area contributed by atoms with Crippen molar-refractivity contribution in [2.45, 2.75) is 25.3 Å². The second-order valence-corrected chi connectivity index (χ2v) is 8.62. The molecular formula is C21H21Cl2N7O2. The van der Waals surface area contributed by atoms with Crippen LogP contribution in [-0.4, -0.2) is 44.9 Å². The minimum Gasteiger partial charge on any atom is -0.448 e. The van der Waals surface area contributed by atoms with Gasteiger partial charge in [0.15, 0.2) is 11.4 Å². The van der Waals surface area contributed by atoms with E-state index in [0.29, 0.717) is 39.3 Å². The van der Waals surface area contributed by atoms with Crippen LogP contribution in [0.5, 0.6) is 0 Å². The number of hydrogen-bond acceptors (Lipinski definition) is 7. The van der Waals surface area contributed by atoms with Crippen LogP contribution in [0.15, 0.2) is 39.9 Å². The van der Waals surface area contributed by atoms with Gasteiger partial charge < -0.3 is 14.6 Å².